The van der Waals surface area contributed by atoms with Crippen LogP contribution in [0.4, 0.5) is 0 Å². The van der Waals surface area contributed by atoms with E-state index in [1.807, 2.05) is 0 Å². The van der Waals surface area contributed by atoms with Gasteiger partial charge in [-0.25, -0.2) is 0 Å². The van der Waals surface area contributed by atoms with Gasteiger partial charge in [0, 0.05) is 4.91 Å². The molecule has 0 amide bonds. The van der Waals surface area contributed by atoms with Gasteiger partial charge in [0.2, 0.25) is 6.29 Å². The topological polar surface area (TPSA) is 368 Å². The van der Waals surface area contributed by atoms with Crippen molar-refractivity contribution >= 4 is 0 Å². The molecule has 24 nitrogen and oxygen atoms in total. The van der Waals surface area contributed by atoms with E-state index in [4.69, 9.17) is 33.2 Å². The molecule has 24 heteroatoms. The molecule has 0 aromatic carbocycles. The van der Waals surface area contributed by atoms with Gasteiger partial charge >= 0.3 is 0 Å². The molecule has 0 radical (unpaired) electrons. The smallest absolute Gasteiger partial charge is 0.297 e. The van der Waals surface area contributed by atoms with Crippen LogP contribution in [0, 0.1) is 10.1 Å². The zero-order valence-corrected chi connectivity index (χ0v) is 25.3. The van der Waals surface area contributed by atoms with E-state index in [0.717, 1.165) is 0 Å². The van der Waals surface area contributed by atoms with Crippen LogP contribution in [0.25, 0.3) is 10.4 Å². The zero-order chi connectivity index (χ0) is 35.6. The highest BCUT2D eigenvalue weighted by atomic mass is 17.0. The third-order valence-corrected chi connectivity index (χ3v) is 8.48. The van der Waals surface area contributed by atoms with Gasteiger partial charge in [0.25, 0.3) is 5.09 Å². The van der Waals surface area contributed by atoms with Crippen LogP contribution in [0.2, 0.25) is 0 Å². The number of nitrogens with zero attached hydrogens (tertiary/aromatic N) is 4. The minimum Gasteiger partial charge on any atom is -0.394 e. The first kappa shape index (κ1) is 38.6. The molecule has 4 fully saturated rings. The summed E-state index contributed by atoms with van der Waals surface area (Å²) in [6.45, 7) is 0.724. The van der Waals surface area contributed by atoms with Crippen LogP contribution in [-0.2, 0) is 38.0 Å². The first-order valence-corrected chi connectivity index (χ1v) is 14.7. The van der Waals surface area contributed by atoms with E-state index < -0.39 is 141 Å². The molecule has 4 saturated heterocycles. The summed E-state index contributed by atoms with van der Waals surface area (Å²) < 4.78 is 39.5. The van der Waals surface area contributed by atoms with E-state index in [1.54, 1.807) is 0 Å². The fourth-order valence-corrected chi connectivity index (χ4v) is 5.74. The highest BCUT2D eigenvalue weighted by molar-refractivity contribution is 5.00. The lowest BCUT2D eigenvalue weighted by molar-refractivity contribution is -0.783. The van der Waals surface area contributed by atoms with Gasteiger partial charge in [-0.1, -0.05) is 5.11 Å². The third-order valence-electron chi connectivity index (χ3n) is 8.48. The van der Waals surface area contributed by atoms with Gasteiger partial charge in [-0.3, -0.25) is 4.84 Å². The average molecular weight is 705 g/mol. The molecule has 10 N–H and O–H groups in total. The van der Waals surface area contributed by atoms with Gasteiger partial charge in [-0.2, -0.15) is 0 Å². The molecule has 20 atom stereocenters. The molecule has 4 aliphatic rings. The minimum atomic E-state index is -2.08. The summed E-state index contributed by atoms with van der Waals surface area (Å²) >= 11 is 0. The average Bonchev–Trinajstić information content (AvgIpc) is 3.05. The van der Waals surface area contributed by atoms with Gasteiger partial charge in [-0.05, 0) is 19.4 Å². The van der Waals surface area contributed by atoms with Crippen molar-refractivity contribution in [1.82, 2.24) is 0 Å². The van der Waals surface area contributed by atoms with Crippen molar-refractivity contribution in [3.05, 3.63) is 20.6 Å². The highest BCUT2D eigenvalue weighted by Gasteiger charge is 2.56. The molecule has 4 heterocycles. The lowest BCUT2D eigenvalue weighted by atomic mass is 9.94. The van der Waals surface area contributed by atoms with E-state index in [-0.39, 0.29) is 0 Å². The standard InChI is InChI=1S/C24H40N4O20/c1-5-10(31)13(34)16(37)22(41-5)46-19-9(26-27-25)21(48-28(39)40)44-8(4-30)18(19)45-24-20(15(36)12(33)7(3-29)43-24)47-23-17(38)14(35)11(32)6(2)42-23/h5-24,29-38H,3-4H2,1-2H3/t5?,6?,7?,8?,9?,10-,11+,12+,13-,14?,15+,16?,17+,18+,19-,20?,21?,22-,23?,24+/m1/s1. The Morgan fingerprint density at radius 1 is 0.646 bits per heavy atom. The van der Waals surface area contributed by atoms with Crippen LogP contribution < -0.4 is 0 Å². The molecule has 276 valence electrons. The van der Waals surface area contributed by atoms with Gasteiger partial charge in [0.05, 0.1) is 25.4 Å². The molecule has 0 saturated carbocycles. The highest BCUT2D eigenvalue weighted by Crippen LogP contribution is 2.36. The van der Waals surface area contributed by atoms with E-state index in [9.17, 15) is 66.7 Å². The fourth-order valence-electron chi connectivity index (χ4n) is 5.74. The fraction of sp³-hybridized carbons (Fsp3) is 1.00. The summed E-state index contributed by atoms with van der Waals surface area (Å²) in [6, 6.07) is -1.89. The Kier molecular flexibility index (Phi) is 13.1. The molecule has 4 rings (SSSR count). The van der Waals surface area contributed by atoms with Crippen molar-refractivity contribution in [3.63, 3.8) is 0 Å². The minimum absolute atomic E-state index is 0.903. The van der Waals surface area contributed by atoms with Gasteiger partial charge in [-0.15, -0.1) is 10.1 Å². The number of hydrogen-bond donors (Lipinski definition) is 10. The van der Waals surface area contributed by atoms with Crippen LogP contribution >= 0.6 is 0 Å². The number of hydrogen-bond acceptors (Lipinski definition) is 21. The molecular weight excluding hydrogens is 664 g/mol. The second-order valence-electron chi connectivity index (χ2n) is 11.6. The Bertz CT molecular complexity index is 1120. The predicted octanol–water partition coefficient (Wildman–Crippen LogP) is -6.16. The number of aliphatic hydroxyl groups is 10. The van der Waals surface area contributed by atoms with E-state index in [0.29, 0.717) is 0 Å². The third kappa shape index (κ3) is 7.91. The van der Waals surface area contributed by atoms with Crippen molar-refractivity contribution in [2.75, 3.05) is 13.2 Å². The molecule has 0 aliphatic carbocycles. The van der Waals surface area contributed by atoms with E-state index in [1.165, 1.54) is 13.8 Å². The van der Waals surface area contributed by atoms with Crippen LogP contribution in [0.1, 0.15) is 13.8 Å². The normalized spacial score (nSPS) is 49.9. The Morgan fingerprint density at radius 3 is 1.60 bits per heavy atom. The molecule has 0 aromatic rings. The summed E-state index contributed by atoms with van der Waals surface area (Å²) in [5, 5.41) is 117. The lowest BCUT2D eigenvalue weighted by Crippen LogP contribution is -2.68. The van der Waals surface area contributed by atoms with Crippen LogP contribution in [0.3, 0.4) is 0 Å². The van der Waals surface area contributed by atoms with Crippen LogP contribution in [0.5, 0.6) is 0 Å². The summed E-state index contributed by atoms with van der Waals surface area (Å²) in [6.07, 6.45) is -33.3. The van der Waals surface area contributed by atoms with Crippen molar-refractivity contribution < 1.29 is 94.1 Å². The number of rotatable bonds is 11. The van der Waals surface area contributed by atoms with Crippen LogP contribution in [0.15, 0.2) is 5.11 Å². The summed E-state index contributed by atoms with van der Waals surface area (Å²) in [4.78, 5) is 18.4. The molecule has 0 spiro atoms. The van der Waals surface area contributed by atoms with Crippen molar-refractivity contribution in [1.29, 1.82) is 0 Å². The summed E-state index contributed by atoms with van der Waals surface area (Å²) in [5.41, 5.74) is 9.31. The quantitative estimate of drug-likeness (QED) is 0.0314. The molecule has 10 unspecified atom stereocenters. The second kappa shape index (κ2) is 16.2. The zero-order valence-electron chi connectivity index (χ0n) is 25.3. The van der Waals surface area contributed by atoms with Crippen molar-refractivity contribution in [3.8, 4) is 0 Å². The summed E-state index contributed by atoms with van der Waals surface area (Å²) in [5.74, 6) is 0. The van der Waals surface area contributed by atoms with Crippen LogP contribution in [-0.4, -0.2) is 192 Å². The Balaban J connectivity index is 1.72. The monoisotopic (exact) mass is 704 g/mol. The van der Waals surface area contributed by atoms with E-state index >= 15 is 0 Å². The number of ether oxygens (including phenoxy) is 7. The maximum Gasteiger partial charge on any atom is 0.297 e. The number of azide groups is 1. The summed E-state index contributed by atoms with van der Waals surface area (Å²) in [7, 11) is 0. The molecular formula is C24H40N4O20. The van der Waals surface area contributed by atoms with Gasteiger partial charge < -0.3 is 84.2 Å². The predicted molar refractivity (Wildman–Crippen MR) is 144 cm³/mol. The largest absolute Gasteiger partial charge is 0.394 e. The molecule has 0 aromatic heterocycles. The maximum atomic E-state index is 11.3. The van der Waals surface area contributed by atoms with Gasteiger partial charge in [0.1, 0.15) is 85.4 Å². The van der Waals surface area contributed by atoms with Crippen molar-refractivity contribution in [2.24, 2.45) is 5.11 Å². The SMILES string of the molecule is CC1OC(OC2[C@H](O[C@H]3C(CO)OC(O[N+](=O)[O-])C(N=[N+]=[N-])[C@H]3O[C@H]3OC(C)[C@@H](O)[C@@H](O)C3O)OC(CO)[C@H](O)[C@@H]2O)[C@@H](O)C(O)[C@H]1O. The molecule has 4 aliphatic heterocycles. The molecule has 0 bridgehead atoms. The van der Waals surface area contributed by atoms with Gasteiger partial charge in [0.15, 0.2) is 18.9 Å². The maximum absolute atomic E-state index is 11.3. The Morgan fingerprint density at radius 2 is 1.12 bits per heavy atom. The Labute approximate surface area is 270 Å². The first-order valence-electron chi connectivity index (χ1n) is 14.7. The second-order valence-corrected chi connectivity index (χ2v) is 11.6. The van der Waals surface area contributed by atoms with E-state index in [2.05, 4.69) is 14.9 Å². The lowest BCUT2D eigenvalue weighted by Gasteiger charge is -2.50. The Hall–Kier alpha value is -2.17. The molecule has 48 heavy (non-hydrogen) atoms. The first-order chi connectivity index (χ1) is 22.6. The number of aliphatic hydroxyl groups excluding tert-OH is 10. The van der Waals surface area contributed by atoms with Crippen molar-refractivity contribution in [2.45, 2.75) is 137 Å².